The first-order valence-corrected chi connectivity index (χ1v) is 5.27. The fourth-order valence-corrected chi connectivity index (χ4v) is 1.50. The van der Waals surface area contributed by atoms with Crippen molar-refractivity contribution in [2.75, 3.05) is 18.5 Å². The van der Waals surface area contributed by atoms with Crippen LogP contribution < -0.4 is 5.32 Å². The van der Waals surface area contributed by atoms with E-state index in [0.29, 0.717) is 5.52 Å². The highest BCUT2D eigenvalue weighted by atomic mass is 19.1. The topological polar surface area (TPSA) is 65.4 Å². The van der Waals surface area contributed by atoms with E-state index in [1.807, 2.05) is 0 Å². The van der Waals surface area contributed by atoms with Gasteiger partial charge in [-0.25, -0.2) is 4.39 Å². The summed E-state index contributed by atoms with van der Waals surface area (Å²) in [7, 11) is 0. The predicted molar refractivity (Wildman–Crippen MR) is 63.3 cm³/mol. The van der Waals surface area contributed by atoms with E-state index >= 15 is 0 Å². The second kappa shape index (κ2) is 5.07. The van der Waals surface area contributed by atoms with Crippen molar-refractivity contribution in [3.8, 4) is 0 Å². The zero-order valence-electron chi connectivity index (χ0n) is 9.10. The lowest BCUT2D eigenvalue weighted by Gasteiger charge is -2.10. The molecule has 3 N–H and O–H groups in total. The molecule has 17 heavy (non-hydrogen) atoms. The Hall–Kier alpha value is -1.72. The number of hydrogen-bond donors (Lipinski definition) is 3. The number of fused-ring (bicyclic) bond motifs is 1. The van der Waals surface area contributed by atoms with Crippen molar-refractivity contribution in [3.63, 3.8) is 0 Å². The normalized spacial score (nSPS) is 12.6. The van der Waals surface area contributed by atoms with Gasteiger partial charge < -0.3 is 15.5 Å². The minimum Gasteiger partial charge on any atom is -0.394 e. The van der Waals surface area contributed by atoms with Crippen LogP contribution in [0.3, 0.4) is 0 Å². The van der Waals surface area contributed by atoms with Gasteiger partial charge in [-0.1, -0.05) is 6.07 Å². The third-order valence-corrected chi connectivity index (χ3v) is 2.40. The van der Waals surface area contributed by atoms with E-state index in [9.17, 15) is 9.50 Å². The summed E-state index contributed by atoms with van der Waals surface area (Å²) < 4.78 is 12.9. The average molecular weight is 236 g/mol. The highest BCUT2D eigenvalue weighted by Crippen LogP contribution is 2.17. The Morgan fingerprint density at radius 1 is 1.35 bits per heavy atom. The quantitative estimate of drug-likeness (QED) is 0.744. The van der Waals surface area contributed by atoms with Crippen LogP contribution in [-0.4, -0.2) is 34.5 Å². The highest BCUT2D eigenvalue weighted by Gasteiger charge is 2.03. The summed E-state index contributed by atoms with van der Waals surface area (Å²) in [5.74, 6) is -0.367. The lowest BCUT2D eigenvalue weighted by molar-refractivity contribution is 0.105. The van der Waals surface area contributed by atoms with Crippen molar-refractivity contribution >= 4 is 16.6 Å². The van der Waals surface area contributed by atoms with Crippen LogP contribution in [0, 0.1) is 5.82 Å². The summed E-state index contributed by atoms with van der Waals surface area (Å²) in [6, 6.07) is 6.69. The second-order valence-corrected chi connectivity index (χ2v) is 3.78. The van der Waals surface area contributed by atoms with Crippen LogP contribution >= 0.6 is 0 Å². The van der Waals surface area contributed by atoms with E-state index < -0.39 is 6.10 Å². The number of aromatic nitrogens is 1. The van der Waals surface area contributed by atoms with Gasteiger partial charge in [-0.15, -0.1) is 0 Å². The first-order chi connectivity index (χ1) is 8.19. The predicted octanol–water partition coefficient (Wildman–Crippen LogP) is 1.14. The molecule has 2 rings (SSSR count). The van der Waals surface area contributed by atoms with Gasteiger partial charge in [0.1, 0.15) is 5.82 Å². The van der Waals surface area contributed by atoms with Crippen LogP contribution in [0.2, 0.25) is 0 Å². The van der Waals surface area contributed by atoms with Crippen molar-refractivity contribution in [2.24, 2.45) is 0 Å². The van der Waals surface area contributed by atoms with Gasteiger partial charge in [0.2, 0.25) is 0 Å². The molecule has 90 valence electrons. The Morgan fingerprint density at radius 2 is 2.18 bits per heavy atom. The molecule has 1 aromatic carbocycles. The molecule has 0 aliphatic rings. The summed E-state index contributed by atoms with van der Waals surface area (Å²) in [5, 5.41) is 21.5. The van der Waals surface area contributed by atoms with E-state index in [1.54, 1.807) is 18.2 Å². The van der Waals surface area contributed by atoms with Gasteiger partial charge >= 0.3 is 0 Å². The van der Waals surface area contributed by atoms with Crippen LogP contribution in [-0.2, 0) is 0 Å². The smallest absolute Gasteiger partial charge is 0.142 e. The van der Waals surface area contributed by atoms with E-state index in [2.05, 4.69) is 10.3 Å². The second-order valence-electron chi connectivity index (χ2n) is 3.78. The lowest BCUT2D eigenvalue weighted by Crippen LogP contribution is -2.22. The molecule has 0 bridgehead atoms. The fraction of sp³-hybridized carbons (Fsp3) is 0.250. The van der Waals surface area contributed by atoms with E-state index in [4.69, 9.17) is 5.11 Å². The van der Waals surface area contributed by atoms with Gasteiger partial charge in [0.25, 0.3) is 0 Å². The maximum absolute atomic E-state index is 12.9. The van der Waals surface area contributed by atoms with Crippen molar-refractivity contribution in [3.05, 3.63) is 36.3 Å². The molecule has 0 saturated heterocycles. The largest absolute Gasteiger partial charge is 0.394 e. The minimum atomic E-state index is -0.799. The number of aliphatic hydroxyl groups excluding tert-OH is 2. The Kier molecular flexibility index (Phi) is 3.51. The molecule has 2 aromatic rings. The molecule has 1 atom stereocenters. The van der Waals surface area contributed by atoms with Crippen LogP contribution in [0.4, 0.5) is 10.1 Å². The molecule has 0 aliphatic carbocycles. The van der Waals surface area contributed by atoms with Crippen LogP contribution in [0.25, 0.3) is 10.9 Å². The lowest BCUT2D eigenvalue weighted by atomic mass is 10.2. The summed E-state index contributed by atoms with van der Waals surface area (Å²) in [5.41, 5.74) is 1.44. The van der Waals surface area contributed by atoms with Crippen LogP contribution in [0.1, 0.15) is 0 Å². The fourth-order valence-electron chi connectivity index (χ4n) is 1.50. The number of nitrogens with one attached hydrogen (secondary N) is 1. The van der Waals surface area contributed by atoms with Gasteiger partial charge in [-0.2, -0.15) is 0 Å². The minimum absolute atomic E-state index is 0.253. The number of anilines is 1. The first-order valence-electron chi connectivity index (χ1n) is 5.27. The van der Waals surface area contributed by atoms with Gasteiger partial charge in [0.15, 0.2) is 0 Å². The van der Waals surface area contributed by atoms with Crippen LogP contribution in [0.15, 0.2) is 30.5 Å². The maximum Gasteiger partial charge on any atom is 0.142 e. The number of hydrogen-bond acceptors (Lipinski definition) is 4. The van der Waals surface area contributed by atoms with Crippen molar-refractivity contribution < 1.29 is 14.6 Å². The highest BCUT2D eigenvalue weighted by molar-refractivity contribution is 5.82. The van der Waals surface area contributed by atoms with Crippen molar-refractivity contribution in [1.82, 2.24) is 4.98 Å². The Balaban J connectivity index is 2.17. The summed E-state index contributed by atoms with van der Waals surface area (Å²) in [6.07, 6.45) is 0.362. The standard InChI is InChI=1S/C12H13FN2O2/c13-9-3-8-1-2-10(4-12(8)15-5-9)14-6-11(17)7-16/h1-5,11,14,16-17H,6-7H2. The maximum atomic E-state index is 12.9. The van der Waals surface area contributed by atoms with Gasteiger partial charge in [-0.3, -0.25) is 4.98 Å². The Labute approximate surface area is 97.7 Å². The molecule has 4 nitrogen and oxygen atoms in total. The molecule has 0 saturated carbocycles. The molecule has 0 radical (unpaired) electrons. The number of rotatable bonds is 4. The average Bonchev–Trinajstić information content (AvgIpc) is 2.35. The van der Waals surface area contributed by atoms with Crippen molar-refractivity contribution in [2.45, 2.75) is 6.10 Å². The zero-order chi connectivity index (χ0) is 12.3. The Bertz CT molecular complexity index is 519. The molecule has 5 heteroatoms. The van der Waals surface area contributed by atoms with E-state index in [0.717, 1.165) is 17.3 Å². The SMILES string of the molecule is OCC(O)CNc1ccc2cc(F)cnc2c1. The van der Waals surface area contributed by atoms with Gasteiger partial charge in [0, 0.05) is 17.6 Å². The third-order valence-electron chi connectivity index (χ3n) is 2.40. The molecule has 1 unspecified atom stereocenters. The Morgan fingerprint density at radius 3 is 2.94 bits per heavy atom. The molecule has 1 aromatic heterocycles. The summed E-state index contributed by atoms with van der Waals surface area (Å²) in [4.78, 5) is 3.96. The van der Waals surface area contributed by atoms with E-state index in [-0.39, 0.29) is 19.0 Å². The molecular formula is C12H13FN2O2. The third kappa shape index (κ3) is 2.89. The number of nitrogens with zero attached hydrogens (tertiary/aromatic N) is 1. The first kappa shape index (κ1) is 11.8. The van der Waals surface area contributed by atoms with Gasteiger partial charge in [0.05, 0.1) is 24.4 Å². The monoisotopic (exact) mass is 236 g/mol. The molecule has 0 aliphatic heterocycles. The number of halogens is 1. The molecule has 0 spiro atoms. The number of aliphatic hydroxyl groups is 2. The van der Waals surface area contributed by atoms with Gasteiger partial charge in [-0.05, 0) is 18.2 Å². The number of pyridine rings is 1. The van der Waals surface area contributed by atoms with Crippen molar-refractivity contribution in [1.29, 1.82) is 0 Å². The molecular weight excluding hydrogens is 223 g/mol. The van der Waals surface area contributed by atoms with Crippen LogP contribution in [0.5, 0.6) is 0 Å². The summed E-state index contributed by atoms with van der Waals surface area (Å²) in [6.45, 7) is -0.0345. The molecule has 0 fully saturated rings. The molecule has 0 amide bonds. The number of benzene rings is 1. The molecule has 1 heterocycles. The summed E-state index contributed by atoms with van der Waals surface area (Å²) >= 11 is 0. The van der Waals surface area contributed by atoms with E-state index in [1.165, 1.54) is 6.07 Å². The zero-order valence-corrected chi connectivity index (χ0v) is 9.10.